The summed E-state index contributed by atoms with van der Waals surface area (Å²) >= 11 is 0. The number of hydrogen-bond donors (Lipinski definition) is 2. The molecule has 4 rings (SSSR count). The summed E-state index contributed by atoms with van der Waals surface area (Å²) in [5.41, 5.74) is 0.516. The molecule has 0 saturated carbocycles. The summed E-state index contributed by atoms with van der Waals surface area (Å²) in [6.45, 7) is 0. The van der Waals surface area contributed by atoms with E-state index >= 15 is 0 Å². The number of aromatic amines is 1. The molecule has 0 spiro atoms. The predicted octanol–water partition coefficient (Wildman–Crippen LogP) is 4.11. The number of carbonyl (C=O) groups excluding carboxylic acids is 1. The predicted molar refractivity (Wildman–Crippen MR) is 103 cm³/mol. The molecule has 0 saturated heterocycles. The second-order valence-corrected chi connectivity index (χ2v) is 5.94. The first-order valence-corrected chi connectivity index (χ1v) is 8.42. The number of aromatic nitrogens is 2. The Morgan fingerprint density at radius 2 is 1.82 bits per heavy atom. The molecule has 6 nitrogen and oxygen atoms in total. The average molecular weight is 375 g/mol. The van der Waals surface area contributed by atoms with E-state index in [-0.39, 0.29) is 22.6 Å². The summed E-state index contributed by atoms with van der Waals surface area (Å²) in [6, 6.07) is 15.6. The number of nitrogens with zero attached hydrogens (tertiary/aromatic N) is 1. The number of H-pyrrole nitrogens is 1. The van der Waals surface area contributed by atoms with Crippen LogP contribution in [0, 0.1) is 5.82 Å². The maximum atomic E-state index is 13.1. The van der Waals surface area contributed by atoms with Crippen LogP contribution in [0.25, 0.3) is 10.9 Å². The molecule has 0 aliphatic rings. The molecule has 0 bridgehead atoms. The van der Waals surface area contributed by atoms with Crippen molar-refractivity contribution >= 4 is 22.5 Å². The Morgan fingerprint density at radius 1 is 1.04 bits per heavy atom. The summed E-state index contributed by atoms with van der Waals surface area (Å²) in [5.74, 6) is -0.500. The Balaban J connectivity index is 1.63. The van der Waals surface area contributed by atoms with Gasteiger partial charge >= 0.3 is 0 Å². The maximum absolute atomic E-state index is 13.1. The number of ether oxygens (including phenoxy) is 1. The summed E-state index contributed by atoms with van der Waals surface area (Å²) in [5, 5.41) is 3.06. The fraction of sp³-hybridized carbons (Fsp3) is 0. The van der Waals surface area contributed by atoms with Crippen LogP contribution in [0.5, 0.6) is 11.6 Å². The maximum Gasteiger partial charge on any atom is 0.261 e. The molecular formula is C21H14FN3O3. The fourth-order valence-electron chi connectivity index (χ4n) is 2.71. The molecule has 2 heterocycles. The number of amides is 1. The van der Waals surface area contributed by atoms with Crippen LogP contribution in [0.1, 0.15) is 10.4 Å². The summed E-state index contributed by atoms with van der Waals surface area (Å²) in [7, 11) is 0. The number of rotatable bonds is 4. The van der Waals surface area contributed by atoms with Gasteiger partial charge in [-0.25, -0.2) is 9.37 Å². The smallest absolute Gasteiger partial charge is 0.261 e. The van der Waals surface area contributed by atoms with Crippen LogP contribution < -0.4 is 15.5 Å². The van der Waals surface area contributed by atoms with Gasteiger partial charge in [0.2, 0.25) is 11.3 Å². The van der Waals surface area contributed by atoms with E-state index < -0.39 is 11.7 Å². The van der Waals surface area contributed by atoms with E-state index in [2.05, 4.69) is 15.3 Å². The van der Waals surface area contributed by atoms with Crippen molar-refractivity contribution in [2.75, 3.05) is 5.32 Å². The Hall–Kier alpha value is -4.00. The van der Waals surface area contributed by atoms with Gasteiger partial charge in [-0.05, 0) is 48.5 Å². The molecule has 2 N–H and O–H groups in total. The van der Waals surface area contributed by atoms with Crippen molar-refractivity contribution in [3.63, 3.8) is 0 Å². The number of para-hydroxylation sites is 1. The summed E-state index contributed by atoms with van der Waals surface area (Å²) in [4.78, 5) is 32.3. The van der Waals surface area contributed by atoms with Gasteiger partial charge in [0, 0.05) is 23.3 Å². The van der Waals surface area contributed by atoms with E-state index in [1.54, 1.807) is 36.4 Å². The zero-order chi connectivity index (χ0) is 19.5. The van der Waals surface area contributed by atoms with Gasteiger partial charge < -0.3 is 15.0 Å². The SMILES string of the molecule is O=C(Nc1cccnc1Oc1ccc(F)cc1)c1c[nH]c2ccccc2c1=O. The molecule has 2 aromatic carbocycles. The highest BCUT2D eigenvalue weighted by Crippen LogP contribution is 2.27. The number of carbonyl (C=O) groups is 1. The van der Waals surface area contributed by atoms with Gasteiger partial charge in [0.15, 0.2) is 0 Å². The molecule has 2 aromatic heterocycles. The highest BCUT2D eigenvalue weighted by atomic mass is 19.1. The second kappa shape index (κ2) is 7.32. The third-order valence-corrected chi connectivity index (χ3v) is 4.08. The second-order valence-electron chi connectivity index (χ2n) is 5.94. The minimum atomic E-state index is -0.594. The van der Waals surface area contributed by atoms with Crippen molar-refractivity contribution in [3.05, 3.63) is 94.7 Å². The molecular weight excluding hydrogens is 361 g/mol. The molecule has 0 aliphatic heterocycles. The van der Waals surface area contributed by atoms with Crippen molar-refractivity contribution in [2.45, 2.75) is 0 Å². The molecule has 138 valence electrons. The minimum absolute atomic E-state index is 0.0321. The van der Waals surface area contributed by atoms with Crippen LogP contribution in [0.4, 0.5) is 10.1 Å². The van der Waals surface area contributed by atoms with E-state index in [0.29, 0.717) is 16.7 Å². The number of fused-ring (bicyclic) bond motifs is 1. The summed E-state index contributed by atoms with van der Waals surface area (Å²) in [6.07, 6.45) is 2.87. The van der Waals surface area contributed by atoms with E-state index in [1.807, 2.05) is 0 Å². The Bertz CT molecular complexity index is 1220. The molecule has 7 heteroatoms. The highest BCUT2D eigenvalue weighted by molar-refractivity contribution is 6.06. The molecule has 4 aromatic rings. The van der Waals surface area contributed by atoms with Gasteiger partial charge in [-0.3, -0.25) is 9.59 Å². The van der Waals surface area contributed by atoms with Gasteiger partial charge in [-0.1, -0.05) is 12.1 Å². The molecule has 1 amide bonds. The largest absolute Gasteiger partial charge is 0.437 e. The minimum Gasteiger partial charge on any atom is -0.437 e. The lowest BCUT2D eigenvalue weighted by Gasteiger charge is -2.11. The lowest BCUT2D eigenvalue weighted by atomic mass is 10.1. The Kier molecular flexibility index (Phi) is 4.55. The first-order valence-electron chi connectivity index (χ1n) is 8.42. The number of halogens is 1. The number of benzene rings is 2. The summed E-state index contributed by atoms with van der Waals surface area (Å²) < 4.78 is 18.7. The zero-order valence-electron chi connectivity index (χ0n) is 14.5. The monoisotopic (exact) mass is 375 g/mol. The molecule has 0 unspecified atom stereocenters. The number of pyridine rings is 2. The van der Waals surface area contributed by atoms with E-state index in [9.17, 15) is 14.0 Å². The number of anilines is 1. The van der Waals surface area contributed by atoms with Crippen LogP contribution in [-0.4, -0.2) is 15.9 Å². The average Bonchev–Trinajstić information content (AvgIpc) is 2.71. The van der Waals surface area contributed by atoms with Crippen LogP contribution in [0.15, 0.2) is 77.9 Å². The van der Waals surface area contributed by atoms with Crippen LogP contribution in [0.2, 0.25) is 0 Å². The third-order valence-electron chi connectivity index (χ3n) is 4.08. The molecule has 28 heavy (non-hydrogen) atoms. The highest BCUT2D eigenvalue weighted by Gasteiger charge is 2.16. The van der Waals surface area contributed by atoms with Crippen molar-refractivity contribution in [1.82, 2.24) is 9.97 Å². The molecule has 0 radical (unpaired) electrons. The molecule has 0 fully saturated rings. The van der Waals surface area contributed by atoms with Crippen molar-refractivity contribution in [2.24, 2.45) is 0 Å². The standard InChI is InChI=1S/C21H14FN3O3/c22-13-7-9-14(10-8-13)28-21-18(6-3-11-23-21)25-20(27)16-12-24-17-5-2-1-4-15(17)19(16)26/h1-12H,(H,24,26)(H,25,27). The van der Waals surface area contributed by atoms with Crippen molar-refractivity contribution < 1.29 is 13.9 Å². The van der Waals surface area contributed by atoms with Gasteiger partial charge in [-0.2, -0.15) is 0 Å². The first-order chi connectivity index (χ1) is 13.6. The molecule has 0 aliphatic carbocycles. The van der Waals surface area contributed by atoms with Crippen LogP contribution in [-0.2, 0) is 0 Å². The zero-order valence-corrected chi connectivity index (χ0v) is 14.5. The van der Waals surface area contributed by atoms with Gasteiger partial charge in [0.25, 0.3) is 5.91 Å². The van der Waals surface area contributed by atoms with Crippen molar-refractivity contribution in [3.8, 4) is 11.6 Å². The number of nitrogens with one attached hydrogen (secondary N) is 2. The Labute approximate surface area is 158 Å². The Morgan fingerprint density at radius 3 is 2.64 bits per heavy atom. The van der Waals surface area contributed by atoms with Gasteiger partial charge in [0.1, 0.15) is 22.8 Å². The fourth-order valence-corrected chi connectivity index (χ4v) is 2.71. The van der Waals surface area contributed by atoms with E-state index in [0.717, 1.165) is 0 Å². The van der Waals surface area contributed by atoms with E-state index in [4.69, 9.17) is 4.74 Å². The third kappa shape index (κ3) is 3.45. The molecule has 0 atom stereocenters. The van der Waals surface area contributed by atoms with Crippen LogP contribution in [0.3, 0.4) is 0 Å². The van der Waals surface area contributed by atoms with Crippen LogP contribution >= 0.6 is 0 Å². The number of hydrogen-bond acceptors (Lipinski definition) is 4. The normalized spacial score (nSPS) is 10.6. The lowest BCUT2D eigenvalue weighted by molar-refractivity contribution is 0.102. The van der Waals surface area contributed by atoms with Gasteiger partial charge in [-0.15, -0.1) is 0 Å². The van der Waals surface area contributed by atoms with E-state index in [1.165, 1.54) is 36.7 Å². The van der Waals surface area contributed by atoms with Crippen molar-refractivity contribution in [1.29, 1.82) is 0 Å². The quantitative estimate of drug-likeness (QED) is 0.562. The lowest BCUT2D eigenvalue weighted by Crippen LogP contribution is -2.22. The first kappa shape index (κ1) is 17.4. The van der Waals surface area contributed by atoms with Gasteiger partial charge in [0.05, 0.1) is 0 Å². The topological polar surface area (TPSA) is 84.1 Å².